The van der Waals surface area contributed by atoms with Gasteiger partial charge in [0.2, 0.25) is 0 Å². The maximum absolute atomic E-state index is 5.17. The van der Waals surface area contributed by atoms with E-state index in [2.05, 4.69) is 104 Å². The van der Waals surface area contributed by atoms with Gasteiger partial charge in [0.25, 0.3) is 0 Å². The molecule has 3 aromatic carbocycles. The topological polar surface area (TPSA) is 71.2 Å². The first-order valence-corrected chi connectivity index (χ1v) is 12.1. The Bertz CT molecular complexity index is 1660. The molecule has 0 saturated carbocycles. The highest BCUT2D eigenvalue weighted by Crippen LogP contribution is 2.26. The third-order valence-corrected chi connectivity index (χ3v) is 6.64. The fourth-order valence-electron chi connectivity index (χ4n) is 4.71. The van der Waals surface area contributed by atoms with Crippen molar-refractivity contribution >= 4 is 28.9 Å². The molecule has 0 bridgehead atoms. The van der Waals surface area contributed by atoms with Gasteiger partial charge in [0.15, 0.2) is 11.5 Å². The van der Waals surface area contributed by atoms with Gasteiger partial charge in [-0.3, -0.25) is 4.99 Å². The second-order valence-electron chi connectivity index (χ2n) is 9.07. The number of nitrogens with zero attached hydrogens (tertiary/aromatic N) is 6. The number of para-hydroxylation sites is 1. The van der Waals surface area contributed by atoms with Crippen LogP contribution in [0, 0.1) is 13.8 Å². The molecule has 1 atom stereocenters. The van der Waals surface area contributed by atoms with Crippen molar-refractivity contribution in [3.05, 3.63) is 113 Å². The molecule has 1 aliphatic rings. The molecule has 1 unspecified atom stereocenters. The summed E-state index contributed by atoms with van der Waals surface area (Å²) < 4.78 is 2.07. The van der Waals surface area contributed by atoms with Crippen molar-refractivity contribution in [3.8, 4) is 0 Å². The number of aromatic nitrogens is 4. The standard InChI is InChI=1S/C29H27N7/c1-20-10-8-13-24-23(20)16-36(25-14-7-6-9-21(25)2)26(34-24)17-35-19-33-27-28(31-18-32-29(27)35)30-15-22-11-4-3-5-12-22/h3-14,16,18-19,26H,15,17H2,1-2H3,(H,30,31,32). The molecule has 3 heterocycles. The zero-order valence-electron chi connectivity index (χ0n) is 20.3. The van der Waals surface area contributed by atoms with Crippen LogP contribution in [0.2, 0.25) is 0 Å². The first-order chi connectivity index (χ1) is 17.7. The van der Waals surface area contributed by atoms with E-state index in [1.807, 2.05) is 24.5 Å². The summed E-state index contributed by atoms with van der Waals surface area (Å²) in [5, 5.41) is 5.58. The summed E-state index contributed by atoms with van der Waals surface area (Å²) in [4.78, 5) is 21.2. The first kappa shape index (κ1) is 22.0. The molecule has 6 rings (SSSR count). The lowest BCUT2D eigenvalue weighted by atomic mass is 10.1. The average molecular weight is 474 g/mol. The second kappa shape index (κ2) is 9.26. The minimum absolute atomic E-state index is 0.145. The van der Waals surface area contributed by atoms with Crippen molar-refractivity contribution in [1.29, 1.82) is 0 Å². The van der Waals surface area contributed by atoms with Gasteiger partial charge < -0.3 is 14.8 Å². The van der Waals surface area contributed by atoms with Crippen LogP contribution in [0.25, 0.3) is 17.4 Å². The molecular formula is C29H27N7. The van der Waals surface area contributed by atoms with Gasteiger partial charge >= 0.3 is 0 Å². The molecule has 36 heavy (non-hydrogen) atoms. The van der Waals surface area contributed by atoms with Crippen molar-refractivity contribution in [2.45, 2.75) is 33.1 Å². The number of benzene rings is 3. The van der Waals surface area contributed by atoms with Crippen LogP contribution in [0.4, 0.5) is 11.5 Å². The number of hydrogen-bond donors (Lipinski definition) is 1. The Hall–Kier alpha value is -4.52. The Balaban J connectivity index is 1.36. The Labute approximate surface area is 209 Å². The number of rotatable bonds is 6. The molecule has 1 aliphatic heterocycles. The number of nitrogens with one attached hydrogen (secondary N) is 1. The number of anilines is 2. The monoisotopic (exact) mass is 473 g/mol. The Morgan fingerprint density at radius 2 is 1.64 bits per heavy atom. The molecule has 0 spiro atoms. The van der Waals surface area contributed by atoms with Crippen molar-refractivity contribution in [3.63, 3.8) is 0 Å². The van der Waals surface area contributed by atoms with E-state index in [-0.39, 0.29) is 6.17 Å². The average Bonchev–Trinajstić information content (AvgIpc) is 3.32. The molecule has 7 heteroatoms. The molecule has 0 radical (unpaired) electrons. The van der Waals surface area contributed by atoms with Gasteiger partial charge in [-0.05, 0) is 42.7 Å². The highest BCUT2D eigenvalue weighted by atomic mass is 15.3. The number of aryl methyl sites for hydroxylation is 2. The molecule has 0 amide bonds. The van der Waals surface area contributed by atoms with Crippen molar-refractivity contribution in [2.75, 3.05) is 10.2 Å². The smallest absolute Gasteiger partial charge is 0.165 e. The van der Waals surface area contributed by atoms with Crippen LogP contribution in [0.1, 0.15) is 16.7 Å². The van der Waals surface area contributed by atoms with Gasteiger partial charge in [-0.2, -0.15) is 0 Å². The van der Waals surface area contributed by atoms with Crippen LogP contribution in [-0.2, 0) is 13.1 Å². The van der Waals surface area contributed by atoms with Crippen LogP contribution in [-0.4, -0.2) is 25.7 Å². The zero-order valence-corrected chi connectivity index (χ0v) is 20.3. The van der Waals surface area contributed by atoms with E-state index in [0.717, 1.165) is 33.2 Å². The minimum Gasteiger partial charge on any atom is -0.364 e. The van der Waals surface area contributed by atoms with E-state index in [9.17, 15) is 0 Å². The highest BCUT2D eigenvalue weighted by Gasteiger charge is 2.23. The lowest BCUT2D eigenvalue weighted by molar-refractivity contribution is 0.556. The first-order valence-electron chi connectivity index (χ1n) is 12.1. The largest absolute Gasteiger partial charge is 0.364 e. The fourth-order valence-corrected chi connectivity index (χ4v) is 4.71. The van der Waals surface area contributed by atoms with Crippen LogP contribution in [0.3, 0.4) is 0 Å². The molecule has 178 valence electrons. The van der Waals surface area contributed by atoms with Crippen LogP contribution >= 0.6 is 0 Å². The van der Waals surface area contributed by atoms with Crippen LogP contribution in [0.5, 0.6) is 0 Å². The summed E-state index contributed by atoms with van der Waals surface area (Å²) in [5.41, 5.74) is 6.29. The van der Waals surface area contributed by atoms with E-state index in [1.165, 1.54) is 16.7 Å². The van der Waals surface area contributed by atoms with Gasteiger partial charge in [-0.25, -0.2) is 15.0 Å². The number of hydrogen-bond acceptors (Lipinski definition) is 6. The van der Waals surface area contributed by atoms with E-state index in [0.29, 0.717) is 13.1 Å². The van der Waals surface area contributed by atoms with Gasteiger partial charge in [-0.15, -0.1) is 0 Å². The quantitative estimate of drug-likeness (QED) is 0.404. The SMILES string of the molecule is Cc1ccccc1N1C=c2c(C)cccc2=NC1Cn1cnc2c(NCc3ccccc3)ncnc21. The van der Waals surface area contributed by atoms with E-state index < -0.39 is 0 Å². The summed E-state index contributed by atoms with van der Waals surface area (Å²) in [6, 6.07) is 25.0. The molecule has 1 N–H and O–H groups in total. The Kier molecular flexibility index (Phi) is 5.65. The Morgan fingerprint density at radius 1 is 0.833 bits per heavy atom. The van der Waals surface area contributed by atoms with Gasteiger partial charge in [0.05, 0.1) is 18.2 Å². The Morgan fingerprint density at radius 3 is 2.50 bits per heavy atom. The summed E-state index contributed by atoms with van der Waals surface area (Å²) in [6.07, 6.45) is 5.51. The van der Waals surface area contributed by atoms with E-state index in [4.69, 9.17) is 4.99 Å². The summed E-state index contributed by atoms with van der Waals surface area (Å²) in [5.74, 6) is 0.728. The number of imidazole rings is 1. The van der Waals surface area contributed by atoms with Crippen molar-refractivity contribution in [1.82, 2.24) is 19.5 Å². The lowest BCUT2D eigenvalue weighted by Crippen LogP contribution is -2.45. The van der Waals surface area contributed by atoms with Crippen LogP contribution in [0.15, 0.2) is 90.4 Å². The number of fused-ring (bicyclic) bond motifs is 2. The molecule has 0 aliphatic carbocycles. The summed E-state index contributed by atoms with van der Waals surface area (Å²) in [6.45, 7) is 5.54. The molecule has 2 aromatic heterocycles. The van der Waals surface area contributed by atoms with E-state index >= 15 is 0 Å². The third kappa shape index (κ3) is 4.09. The molecule has 0 saturated heterocycles. The van der Waals surface area contributed by atoms with Gasteiger partial charge in [-0.1, -0.05) is 60.7 Å². The maximum atomic E-state index is 5.17. The molecule has 0 fully saturated rings. The lowest BCUT2D eigenvalue weighted by Gasteiger charge is -2.31. The predicted octanol–water partition coefficient (Wildman–Crippen LogP) is 3.96. The molecule has 5 aromatic rings. The van der Waals surface area contributed by atoms with E-state index in [1.54, 1.807) is 6.33 Å². The minimum atomic E-state index is -0.145. The molecule has 7 nitrogen and oxygen atoms in total. The second-order valence-corrected chi connectivity index (χ2v) is 9.07. The fraction of sp³-hybridized carbons (Fsp3) is 0.172. The van der Waals surface area contributed by atoms with Gasteiger partial charge in [0.1, 0.15) is 18.0 Å². The summed E-state index contributed by atoms with van der Waals surface area (Å²) in [7, 11) is 0. The highest BCUT2D eigenvalue weighted by molar-refractivity contribution is 5.82. The third-order valence-electron chi connectivity index (χ3n) is 6.64. The normalized spacial score (nSPS) is 14.7. The maximum Gasteiger partial charge on any atom is 0.165 e. The molecular weight excluding hydrogens is 446 g/mol. The van der Waals surface area contributed by atoms with Crippen molar-refractivity contribution < 1.29 is 0 Å². The zero-order chi connectivity index (χ0) is 24.5. The van der Waals surface area contributed by atoms with Gasteiger partial charge in [0, 0.05) is 23.7 Å². The summed E-state index contributed by atoms with van der Waals surface area (Å²) >= 11 is 0. The van der Waals surface area contributed by atoms with Crippen molar-refractivity contribution in [2.24, 2.45) is 4.99 Å². The predicted molar refractivity (Wildman–Crippen MR) is 143 cm³/mol. The van der Waals surface area contributed by atoms with Crippen LogP contribution < -0.4 is 20.8 Å².